The number of rotatable bonds is 4. The van der Waals surface area contributed by atoms with E-state index >= 15 is 0 Å². The summed E-state index contributed by atoms with van der Waals surface area (Å²) < 4.78 is 13.0. The van der Waals surface area contributed by atoms with Crippen LogP contribution in [0.1, 0.15) is 22.9 Å². The fourth-order valence-electron chi connectivity index (χ4n) is 1.66. The monoisotopic (exact) mass is 269 g/mol. The Morgan fingerprint density at radius 3 is 2.82 bits per heavy atom. The lowest BCUT2D eigenvalue weighted by Gasteiger charge is -2.11. The minimum atomic E-state index is -0.402. The van der Waals surface area contributed by atoms with Crippen molar-refractivity contribution >= 4 is 22.9 Å². The molecule has 17 heavy (non-hydrogen) atoms. The Balaban J connectivity index is 1.99. The molecule has 1 unspecified atom stereocenters. The standard InChI is InChI=1S/C13H13ClFNS/c14-11-8-9(3-5-12(11)15)13(16)6-4-10-2-1-7-17-10/h1-3,5,7-8,13H,4,6,16H2. The van der Waals surface area contributed by atoms with E-state index < -0.39 is 5.82 Å². The SMILES string of the molecule is NC(CCc1cccs1)c1ccc(F)c(Cl)c1. The average Bonchev–Trinajstić information content (AvgIpc) is 2.82. The van der Waals surface area contributed by atoms with Crippen LogP contribution < -0.4 is 5.73 Å². The van der Waals surface area contributed by atoms with Gasteiger partial charge in [-0.1, -0.05) is 23.7 Å². The predicted molar refractivity (Wildman–Crippen MR) is 71.0 cm³/mol. The molecule has 0 spiro atoms. The summed E-state index contributed by atoms with van der Waals surface area (Å²) in [5.41, 5.74) is 6.94. The smallest absolute Gasteiger partial charge is 0.141 e. The first kappa shape index (κ1) is 12.6. The normalized spacial score (nSPS) is 12.6. The first-order chi connectivity index (χ1) is 8.16. The highest BCUT2D eigenvalue weighted by molar-refractivity contribution is 7.09. The highest BCUT2D eigenvalue weighted by atomic mass is 35.5. The number of nitrogens with two attached hydrogens (primary N) is 1. The van der Waals surface area contributed by atoms with E-state index in [1.807, 2.05) is 6.07 Å². The molecule has 2 rings (SSSR count). The van der Waals surface area contributed by atoms with Crippen molar-refractivity contribution in [1.82, 2.24) is 0 Å². The van der Waals surface area contributed by atoms with Crippen LogP contribution in [0.15, 0.2) is 35.7 Å². The summed E-state index contributed by atoms with van der Waals surface area (Å²) in [5.74, 6) is -0.402. The van der Waals surface area contributed by atoms with Crippen molar-refractivity contribution in [3.8, 4) is 0 Å². The van der Waals surface area contributed by atoms with Gasteiger partial charge in [0.25, 0.3) is 0 Å². The Bertz CT molecular complexity index is 484. The highest BCUT2D eigenvalue weighted by Crippen LogP contribution is 2.23. The van der Waals surface area contributed by atoms with E-state index in [2.05, 4.69) is 11.4 Å². The van der Waals surface area contributed by atoms with Gasteiger partial charge in [0.15, 0.2) is 0 Å². The fourth-order valence-corrected chi connectivity index (χ4v) is 2.58. The van der Waals surface area contributed by atoms with Gasteiger partial charge >= 0.3 is 0 Å². The summed E-state index contributed by atoms with van der Waals surface area (Å²) in [5, 5.41) is 2.18. The van der Waals surface area contributed by atoms with E-state index in [9.17, 15) is 4.39 Å². The van der Waals surface area contributed by atoms with E-state index in [1.54, 1.807) is 23.5 Å². The summed E-state index contributed by atoms with van der Waals surface area (Å²) in [6, 6.07) is 8.68. The molecule has 4 heteroatoms. The summed E-state index contributed by atoms with van der Waals surface area (Å²) in [6.07, 6.45) is 1.77. The number of benzene rings is 1. The molecule has 1 heterocycles. The Labute approximate surface area is 109 Å². The lowest BCUT2D eigenvalue weighted by molar-refractivity contribution is 0.620. The van der Waals surface area contributed by atoms with Crippen LogP contribution in [0.5, 0.6) is 0 Å². The molecule has 0 aliphatic carbocycles. The second kappa shape index (κ2) is 5.63. The van der Waals surface area contributed by atoms with Crippen LogP contribution in [-0.2, 0) is 6.42 Å². The Morgan fingerprint density at radius 1 is 1.35 bits per heavy atom. The maximum Gasteiger partial charge on any atom is 0.141 e. The van der Waals surface area contributed by atoms with Crippen LogP contribution in [0.4, 0.5) is 4.39 Å². The van der Waals surface area contributed by atoms with E-state index in [1.165, 1.54) is 10.9 Å². The molecule has 0 radical (unpaired) electrons. The summed E-state index contributed by atoms with van der Waals surface area (Å²) in [6.45, 7) is 0. The summed E-state index contributed by atoms with van der Waals surface area (Å²) in [7, 11) is 0. The molecular weight excluding hydrogens is 257 g/mol. The molecule has 0 fully saturated rings. The van der Waals surface area contributed by atoms with Gasteiger partial charge in [-0.15, -0.1) is 11.3 Å². The predicted octanol–water partition coefficient (Wildman–Crippen LogP) is 4.17. The molecule has 1 aromatic heterocycles. The highest BCUT2D eigenvalue weighted by Gasteiger charge is 2.09. The van der Waals surface area contributed by atoms with Gasteiger partial charge in [-0.25, -0.2) is 4.39 Å². The van der Waals surface area contributed by atoms with E-state index in [-0.39, 0.29) is 11.1 Å². The second-order valence-corrected chi connectivity index (χ2v) is 5.34. The lowest BCUT2D eigenvalue weighted by atomic mass is 10.0. The Morgan fingerprint density at radius 2 is 2.18 bits per heavy atom. The average molecular weight is 270 g/mol. The lowest BCUT2D eigenvalue weighted by Crippen LogP contribution is -2.11. The van der Waals surface area contributed by atoms with Crippen LogP contribution in [0, 0.1) is 5.82 Å². The quantitative estimate of drug-likeness (QED) is 0.886. The van der Waals surface area contributed by atoms with Gasteiger partial charge in [-0.2, -0.15) is 0 Å². The Hall–Kier alpha value is -0.900. The minimum Gasteiger partial charge on any atom is -0.324 e. The van der Waals surface area contributed by atoms with Crippen molar-refractivity contribution in [2.75, 3.05) is 0 Å². The molecular formula is C13H13ClFNS. The van der Waals surface area contributed by atoms with Crippen molar-refractivity contribution in [3.05, 3.63) is 57.0 Å². The molecule has 2 N–H and O–H groups in total. The van der Waals surface area contributed by atoms with Crippen LogP contribution in [0.3, 0.4) is 0 Å². The molecule has 0 saturated carbocycles. The number of halogens is 2. The van der Waals surface area contributed by atoms with Crippen molar-refractivity contribution in [2.24, 2.45) is 5.73 Å². The zero-order valence-electron chi connectivity index (χ0n) is 9.20. The summed E-state index contributed by atoms with van der Waals surface area (Å²) >= 11 is 7.45. The molecule has 0 aliphatic rings. The fraction of sp³-hybridized carbons (Fsp3) is 0.231. The summed E-state index contributed by atoms with van der Waals surface area (Å²) in [4.78, 5) is 1.31. The Kier molecular flexibility index (Phi) is 4.15. The number of aryl methyl sites for hydroxylation is 1. The van der Waals surface area contributed by atoms with Crippen molar-refractivity contribution in [3.63, 3.8) is 0 Å². The third kappa shape index (κ3) is 3.28. The van der Waals surface area contributed by atoms with Crippen LogP contribution >= 0.6 is 22.9 Å². The molecule has 1 aromatic carbocycles. The molecule has 0 amide bonds. The molecule has 2 aromatic rings. The van der Waals surface area contributed by atoms with Gasteiger partial charge in [0.05, 0.1) is 5.02 Å². The number of thiophene rings is 1. The van der Waals surface area contributed by atoms with Gasteiger partial charge < -0.3 is 5.73 Å². The molecule has 90 valence electrons. The van der Waals surface area contributed by atoms with Gasteiger partial charge in [0, 0.05) is 10.9 Å². The number of hydrogen-bond donors (Lipinski definition) is 1. The third-order valence-corrected chi connectivity index (χ3v) is 3.88. The van der Waals surface area contributed by atoms with Crippen LogP contribution in [0.25, 0.3) is 0 Å². The molecule has 1 nitrogen and oxygen atoms in total. The zero-order chi connectivity index (χ0) is 12.3. The molecule has 1 atom stereocenters. The van der Waals surface area contributed by atoms with E-state index in [4.69, 9.17) is 17.3 Å². The van der Waals surface area contributed by atoms with Crippen LogP contribution in [0.2, 0.25) is 5.02 Å². The maximum absolute atomic E-state index is 13.0. The van der Waals surface area contributed by atoms with Crippen molar-refractivity contribution < 1.29 is 4.39 Å². The third-order valence-electron chi connectivity index (χ3n) is 2.65. The molecule has 0 aliphatic heterocycles. The van der Waals surface area contributed by atoms with Crippen molar-refractivity contribution in [2.45, 2.75) is 18.9 Å². The van der Waals surface area contributed by atoms with Crippen molar-refractivity contribution in [1.29, 1.82) is 0 Å². The van der Waals surface area contributed by atoms with Gasteiger partial charge in [0.2, 0.25) is 0 Å². The first-order valence-electron chi connectivity index (χ1n) is 5.39. The zero-order valence-corrected chi connectivity index (χ0v) is 10.8. The molecule has 0 bridgehead atoms. The maximum atomic E-state index is 13.0. The largest absolute Gasteiger partial charge is 0.324 e. The first-order valence-corrected chi connectivity index (χ1v) is 6.65. The van der Waals surface area contributed by atoms with E-state index in [0.29, 0.717) is 0 Å². The van der Waals surface area contributed by atoms with Gasteiger partial charge in [-0.3, -0.25) is 0 Å². The topological polar surface area (TPSA) is 26.0 Å². The van der Waals surface area contributed by atoms with E-state index in [0.717, 1.165) is 18.4 Å². The van der Waals surface area contributed by atoms with Crippen LogP contribution in [-0.4, -0.2) is 0 Å². The van der Waals surface area contributed by atoms with Gasteiger partial charge in [0.1, 0.15) is 5.82 Å². The number of hydrogen-bond acceptors (Lipinski definition) is 2. The van der Waals surface area contributed by atoms with Gasteiger partial charge in [-0.05, 0) is 42.0 Å². The molecule has 0 saturated heterocycles. The second-order valence-electron chi connectivity index (χ2n) is 3.90. The minimum absolute atomic E-state index is 0.102.